The van der Waals surface area contributed by atoms with Crippen LogP contribution in [-0.4, -0.2) is 4.57 Å². The number of fused-ring (bicyclic) bond motifs is 5. The fourth-order valence-electron chi connectivity index (χ4n) is 8.06. The van der Waals surface area contributed by atoms with Crippen LogP contribution in [-0.2, 0) is 0 Å². The van der Waals surface area contributed by atoms with E-state index in [2.05, 4.69) is 89.5 Å². The van der Waals surface area contributed by atoms with Crippen LogP contribution in [0.4, 0.5) is 17.6 Å². The van der Waals surface area contributed by atoms with Crippen LogP contribution in [0.3, 0.4) is 0 Å². The highest BCUT2D eigenvalue weighted by Crippen LogP contribution is 2.41. The first-order valence-electron chi connectivity index (χ1n) is 18.0. The van der Waals surface area contributed by atoms with Gasteiger partial charge >= 0.3 is 0 Å². The molecule has 0 N–H and O–H groups in total. The Morgan fingerprint density at radius 3 is 1.49 bits per heavy atom. The van der Waals surface area contributed by atoms with Gasteiger partial charge in [-0.1, -0.05) is 91.0 Å². The molecule has 10 aromatic rings. The van der Waals surface area contributed by atoms with Crippen molar-refractivity contribution < 1.29 is 17.6 Å². The van der Waals surface area contributed by atoms with Crippen molar-refractivity contribution in [3.05, 3.63) is 199 Å². The van der Waals surface area contributed by atoms with Gasteiger partial charge in [-0.2, -0.15) is 0 Å². The number of hydrogen-bond acceptors (Lipinski definition) is 0. The average molecular weight is 720 g/mol. The van der Waals surface area contributed by atoms with Crippen LogP contribution in [0.25, 0.3) is 93.5 Å². The second kappa shape index (κ2) is 12.9. The Hall–Kier alpha value is -6.98. The largest absolute Gasteiger partial charge is 0.309 e. The third kappa shape index (κ3) is 5.73. The molecule has 0 fully saturated rings. The molecule has 0 aliphatic carbocycles. The standard InChI is InChI=1S/C50H29F4N/c51-39-21-37(22-40(52)28-39)32-15-17-49-46(25-32)47-26-33(38-23-41(53)29-42(54)24-38)16-18-50(47)55(49)48-12-5-4-10-44(48)35-14-13-31-19-34-9-6-11-43(30-7-2-1-3-8-30)45(34)27-36(31)20-35/h1-29H. The summed E-state index contributed by atoms with van der Waals surface area (Å²) in [5.41, 5.74) is 9.13. The molecule has 0 aliphatic rings. The third-order valence-electron chi connectivity index (χ3n) is 10.5. The van der Waals surface area contributed by atoms with Crippen molar-refractivity contribution in [2.75, 3.05) is 0 Å². The number of benzene rings is 9. The smallest absolute Gasteiger partial charge is 0.126 e. The number of hydrogen-bond donors (Lipinski definition) is 0. The van der Waals surface area contributed by atoms with Crippen LogP contribution in [0.1, 0.15) is 0 Å². The zero-order valence-corrected chi connectivity index (χ0v) is 29.2. The lowest BCUT2D eigenvalue weighted by molar-refractivity contribution is 0.583. The van der Waals surface area contributed by atoms with Crippen molar-refractivity contribution in [2.45, 2.75) is 0 Å². The van der Waals surface area contributed by atoms with E-state index in [-0.39, 0.29) is 0 Å². The molecule has 1 nitrogen and oxygen atoms in total. The molecule has 262 valence electrons. The molecule has 0 unspecified atom stereocenters. The molecule has 0 radical (unpaired) electrons. The number of aromatic nitrogens is 1. The zero-order chi connectivity index (χ0) is 37.2. The molecule has 0 amide bonds. The van der Waals surface area contributed by atoms with Gasteiger partial charge in [0.15, 0.2) is 0 Å². The fraction of sp³-hybridized carbons (Fsp3) is 0. The maximum atomic E-state index is 14.4. The molecule has 0 atom stereocenters. The van der Waals surface area contributed by atoms with Gasteiger partial charge in [0, 0.05) is 28.5 Å². The summed E-state index contributed by atoms with van der Waals surface area (Å²) in [6.07, 6.45) is 0. The van der Waals surface area contributed by atoms with Gasteiger partial charge in [0.25, 0.3) is 0 Å². The summed E-state index contributed by atoms with van der Waals surface area (Å²) in [4.78, 5) is 0. The molecule has 0 saturated carbocycles. The van der Waals surface area contributed by atoms with Crippen LogP contribution in [0.5, 0.6) is 0 Å². The van der Waals surface area contributed by atoms with E-state index in [1.165, 1.54) is 40.6 Å². The zero-order valence-electron chi connectivity index (χ0n) is 29.2. The van der Waals surface area contributed by atoms with E-state index >= 15 is 0 Å². The normalized spacial score (nSPS) is 11.6. The van der Waals surface area contributed by atoms with E-state index in [0.29, 0.717) is 22.3 Å². The van der Waals surface area contributed by atoms with Gasteiger partial charge in [-0.15, -0.1) is 0 Å². The van der Waals surface area contributed by atoms with Crippen molar-refractivity contribution in [1.29, 1.82) is 0 Å². The Balaban J connectivity index is 1.19. The molecule has 55 heavy (non-hydrogen) atoms. The van der Waals surface area contributed by atoms with E-state index in [9.17, 15) is 17.6 Å². The Morgan fingerprint density at radius 1 is 0.291 bits per heavy atom. The predicted octanol–water partition coefficient (Wildman–Crippen LogP) is 14.3. The average Bonchev–Trinajstić information content (AvgIpc) is 3.52. The number of para-hydroxylation sites is 1. The van der Waals surface area contributed by atoms with Crippen molar-refractivity contribution in [3.8, 4) is 50.2 Å². The van der Waals surface area contributed by atoms with Crippen molar-refractivity contribution in [2.24, 2.45) is 0 Å². The van der Waals surface area contributed by atoms with E-state index < -0.39 is 23.3 Å². The van der Waals surface area contributed by atoms with Crippen molar-refractivity contribution >= 4 is 43.4 Å². The Morgan fingerprint density at radius 2 is 0.855 bits per heavy atom. The number of nitrogens with zero attached hydrogens (tertiary/aromatic N) is 1. The third-order valence-corrected chi connectivity index (χ3v) is 10.5. The molecule has 0 aliphatic heterocycles. The fourth-order valence-corrected chi connectivity index (χ4v) is 8.06. The Bertz CT molecular complexity index is 2990. The van der Waals surface area contributed by atoms with E-state index in [4.69, 9.17) is 0 Å². The summed E-state index contributed by atoms with van der Waals surface area (Å²) in [6, 6.07) is 54.6. The molecular weight excluding hydrogens is 691 g/mol. The second-order valence-corrected chi connectivity index (χ2v) is 13.9. The lowest BCUT2D eigenvalue weighted by Crippen LogP contribution is -1.97. The highest BCUT2D eigenvalue weighted by atomic mass is 19.1. The highest BCUT2D eigenvalue weighted by molar-refractivity contribution is 6.12. The first kappa shape index (κ1) is 32.7. The first-order chi connectivity index (χ1) is 26.9. The summed E-state index contributed by atoms with van der Waals surface area (Å²) in [5.74, 6) is -2.66. The summed E-state index contributed by atoms with van der Waals surface area (Å²) in [7, 11) is 0. The minimum Gasteiger partial charge on any atom is -0.309 e. The topological polar surface area (TPSA) is 4.93 Å². The molecule has 0 spiro atoms. The van der Waals surface area contributed by atoms with Crippen LogP contribution >= 0.6 is 0 Å². The van der Waals surface area contributed by atoms with Gasteiger partial charge in [0.05, 0.1) is 16.7 Å². The van der Waals surface area contributed by atoms with Crippen LogP contribution in [0.2, 0.25) is 0 Å². The molecule has 0 bridgehead atoms. The summed E-state index contributed by atoms with van der Waals surface area (Å²) >= 11 is 0. The quantitative estimate of drug-likeness (QED) is 0.123. The summed E-state index contributed by atoms with van der Waals surface area (Å²) in [5, 5.41) is 6.25. The van der Waals surface area contributed by atoms with E-state index in [0.717, 1.165) is 67.1 Å². The van der Waals surface area contributed by atoms with Crippen molar-refractivity contribution in [3.63, 3.8) is 0 Å². The van der Waals surface area contributed by atoms with Crippen LogP contribution < -0.4 is 0 Å². The Labute approximate surface area is 314 Å². The van der Waals surface area contributed by atoms with Gasteiger partial charge in [0.2, 0.25) is 0 Å². The van der Waals surface area contributed by atoms with Gasteiger partial charge in [-0.05, 0) is 133 Å². The van der Waals surface area contributed by atoms with Gasteiger partial charge < -0.3 is 4.57 Å². The first-order valence-corrected chi connectivity index (χ1v) is 18.0. The van der Waals surface area contributed by atoms with E-state index in [1.807, 2.05) is 54.6 Å². The van der Waals surface area contributed by atoms with Gasteiger partial charge in [-0.3, -0.25) is 0 Å². The molecule has 9 aromatic carbocycles. The summed E-state index contributed by atoms with van der Waals surface area (Å²) < 4.78 is 59.7. The lowest BCUT2D eigenvalue weighted by Gasteiger charge is -2.15. The second-order valence-electron chi connectivity index (χ2n) is 13.9. The maximum absolute atomic E-state index is 14.4. The monoisotopic (exact) mass is 719 g/mol. The minimum absolute atomic E-state index is 0.406. The summed E-state index contributed by atoms with van der Waals surface area (Å²) in [6.45, 7) is 0. The highest BCUT2D eigenvalue weighted by Gasteiger charge is 2.18. The van der Waals surface area contributed by atoms with Gasteiger partial charge in [-0.25, -0.2) is 17.6 Å². The van der Waals surface area contributed by atoms with Crippen LogP contribution in [0.15, 0.2) is 176 Å². The predicted molar refractivity (Wildman–Crippen MR) is 217 cm³/mol. The Kier molecular flexibility index (Phi) is 7.63. The molecule has 1 heterocycles. The minimum atomic E-state index is -0.665. The molecule has 5 heteroatoms. The van der Waals surface area contributed by atoms with Crippen LogP contribution in [0, 0.1) is 23.3 Å². The SMILES string of the molecule is Fc1cc(F)cc(-c2ccc3c(c2)c2cc(-c4cc(F)cc(F)c4)ccc2n3-c2ccccc2-c2ccc3cc4cccc(-c5ccccc5)c4cc3c2)c1. The lowest BCUT2D eigenvalue weighted by atomic mass is 9.94. The molecule has 10 rings (SSSR count). The van der Waals surface area contributed by atoms with Gasteiger partial charge in [0.1, 0.15) is 23.3 Å². The maximum Gasteiger partial charge on any atom is 0.126 e. The molecular formula is C50H29F4N. The molecule has 1 aromatic heterocycles. The number of rotatable bonds is 5. The van der Waals surface area contributed by atoms with E-state index in [1.54, 1.807) is 0 Å². The molecule has 0 saturated heterocycles. The number of halogens is 4. The van der Waals surface area contributed by atoms with Crippen molar-refractivity contribution in [1.82, 2.24) is 4.57 Å².